The predicted octanol–water partition coefficient (Wildman–Crippen LogP) is 2.10. The van der Waals surface area contributed by atoms with Crippen molar-refractivity contribution in [3.8, 4) is 11.5 Å². The van der Waals surface area contributed by atoms with Crippen LogP contribution in [0.3, 0.4) is 0 Å². The summed E-state index contributed by atoms with van der Waals surface area (Å²) < 4.78 is 10.5. The van der Waals surface area contributed by atoms with Gasteiger partial charge in [-0.1, -0.05) is 11.6 Å². The van der Waals surface area contributed by atoms with Crippen molar-refractivity contribution in [2.45, 2.75) is 12.8 Å². The molecule has 144 valence electrons. The van der Waals surface area contributed by atoms with E-state index in [1.54, 1.807) is 17.0 Å². The molecule has 26 heavy (non-hydrogen) atoms. The van der Waals surface area contributed by atoms with Crippen LogP contribution in [0.2, 0.25) is 5.02 Å². The average molecular weight is 384 g/mol. The molecular weight excluding hydrogens is 358 g/mol. The normalized spacial score (nSPS) is 16.9. The van der Waals surface area contributed by atoms with Crippen LogP contribution in [-0.2, 0) is 9.59 Å². The smallest absolute Gasteiger partial charge is 0.229 e. The summed E-state index contributed by atoms with van der Waals surface area (Å²) in [6, 6.07) is 3.20. The molecule has 0 bridgehead atoms. The Morgan fingerprint density at radius 1 is 1.31 bits per heavy atom. The lowest BCUT2D eigenvalue weighted by Crippen LogP contribution is -2.30. The summed E-state index contributed by atoms with van der Waals surface area (Å²) in [6.07, 6.45) is 1.11. The van der Waals surface area contributed by atoms with Crippen molar-refractivity contribution in [1.82, 2.24) is 9.80 Å². The molecule has 1 aromatic rings. The van der Waals surface area contributed by atoms with Crippen LogP contribution < -0.4 is 14.8 Å². The lowest BCUT2D eigenvalue weighted by Gasteiger charge is -2.18. The fraction of sp³-hybridized carbons (Fsp3) is 0.556. The van der Waals surface area contributed by atoms with Gasteiger partial charge < -0.3 is 24.6 Å². The summed E-state index contributed by atoms with van der Waals surface area (Å²) in [5.74, 6) is 0.306. The number of anilines is 1. The van der Waals surface area contributed by atoms with Crippen LogP contribution >= 0.6 is 11.6 Å². The number of methoxy groups -OCH3 is 2. The summed E-state index contributed by atoms with van der Waals surface area (Å²) in [5, 5.41) is 3.23. The van der Waals surface area contributed by atoms with Crippen LogP contribution in [0.4, 0.5) is 5.69 Å². The lowest BCUT2D eigenvalue weighted by atomic mass is 10.1. The second-order valence-electron chi connectivity index (χ2n) is 6.57. The molecule has 1 N–H and O–H groups in total. The van der Waals surface area contributed by atoms with E-state index in [1.807, 2.05) is 14.1 Å². The SMILES string of the molecule is COc1cc(NC(=O)C2CC(=O)N(CCCN(C)C)C2)c(OC)cc1Cl. The topological polar surface area (TPSA) is 71.1 Å². The highest BCUT2D eigenvalue weighted by Gasteiger charge is 2.34. The Kier molecular flexibility index (Phi) is 7.11. The fourth-order valence-electron chi connectivity index (χ4n) is 2.93. The molecule has 1 saturated heterocycles. The summed E-state index contributed by atoms with van der Waals surface area (Å²) in [7, 11) is 6.99. The zero-order chi connectivity index (χ0) is 19.3. The van der Waals surface area contributed by atoms with Crippen LogP contribution in [0, 0.1) is 5.92 Å². The zero-order valence-corrected chi connectivity index (χ0v) is 16.4. The van der Waals surface area contributed by atoms with Gasteiger partial charge in [0, 0.05) is 31.6 Å². The number of ether oxygens (including phenoxy) is 2. The van der Waals surface area contributed by atoms with E-state index in [2.05, 4.69) is 10.2 Å². The first kappa shape index (κ1) is 20.3. The van der Waals surface area contributed by atoms with E-state index in [-0.39, 0.29) is 24.2 Å². The predicted molar refractivity (Wildman–Crippen MR) is 101 cm³/mol. The van der Waals surface area contributed by atoms with Gasteiger partial charge in [0.25, 0.3) is 0 Å². The van der Waals surface area contributed by atoms with E-state index in [4.69, 9.17) is 21.1 Å². The number of hydrogen-bond acceptors (Lipinski definition) is 5. The van der Waals surface area contributed by atoms with Crippen LogP contribution in [0.15, 0.2) is 12.1 Å². The van der Waals surface area contributed by atoms with Crippen LogP contribution in [0.1, 0.15) is 12.8 Å². The van der Waals surface area contributed by atoms with E-state index in [9.17, 15) is 9.59 Å². The average Bonchev–Trinajstić information content (AvgIpc) is 2.96. The number of nitrogens with zero attached hydrogens (tertiary/aromatic N) is 2. The second-order valence-corrected chi connectivity index (χ2v) is 6.98. The van der Waals surface area contributed by atoms with Gasteiger partial charge in [0.15, 0.2) is 0 Å². The molecule has 1 atom stereocenters. The second kappa shape index (κ2) is 9.09. The Balaban J connectivity index is 2.01. The largest absolute Gasteiger partial charge is 0.495 e. The molecule has 2 amide bonds. The number of nitrogens with one attached hydrogen (secondary N) is 1. The third kappa shape index (κ3) is 5.02. The van der Waals surface area contributed by atoms with Crippen molar-refractivity contribution in [2.24, 2.45) is 5.92 Å². The number of amides is 2. The molecule has 1 aliphatic rings. The summed E-state index contributed by atoms with van der Waals surface area (Å²) in [4.78, 5) is 28.6. The van der Waals surface area contributed by atoms with Crippen molar-refractivity contribution in [2.75, 3.05) is 53.3 Å². The molecule has 1 heterocycles. The minimum atomic E-state index is -0.381. The van der Waals surface area contributed by atoms with Crippen molar-refractivity contribution < 1.29 is 19.1 Å². The van der Waals surface area contributed by atoms with Crippen molar-refractivity contribution in [3.05, 3.63) is 17.2 Å². The van der Waals surface area contributed by atoms with Gasteiger partial charge in [-0.25, -0.2) is 0 Å². The van der Waals surface area contributed by atoms with Gasteiger partial charge in [-0.2, -0.15) is 0 Å². The highest BCUT2D eigenvalue weighted by atomic mass is 35.5. The first-order valence-corrected chi connectivity index (χ1v) is 8.88. The number of likely N-dealkylation sites (tertiary alicyclic amines) is 1. The molecule has 0 radical (unpaired) electrons. The molecule has 7 nitrogen and oxygen atoms in total. The van der Waals surface area contributed by atoms with Gasteiger partial charge in [0.1, 0.15) is 11.5 Å². The molecule has 1 aromatic carbocycles. The fourth-order valence-corrected chi connectivity index (χ4v) is 3.17. The molecule has 0 saturated carbocycles. The summed E-state index contributed by atoms with van der Waals surface area (Å²) in [6.45, 7) is 2.01. The minimum absolute atomic E-state index is 0.0181. The summed E-state index contributed by atoms with van der Waals surface area (Å²) >= 11 is 6.08. The molecule has 1 fully saturated rings. The summed E-state index contributed by atoms with van der Waals surface area (Å²) in [5.41, 5.74) is 0.470. The highest BCUT2D eigenvalue weighted by molar-refractivity contribution is 6.32. The molecule has 0 aliphatic carbocycles. The first-order chi connectivity index (χ1) is 12.3. The first-order valence-electron chi connectivity index (χ1n) is 8.50. The minimum Gasteiger partial charge on any atom is -0.495 e. The van der Waals surface area contributed by atoms with E-state index in [0.717, 1.165) is 13.0 Å². The standard InChI is InChI=1S/C18H26ClN3O4/c1-21(2)6-5-7-22-11-12(8-17(22)23)18(24)20-14-10-15(25-3)13(19)9-16(14)26-4/h9-10,12H,5-8,11H2,1-4H3,(H,20,24). The maximum absolute atomic E-state index is 12.6. The lowest BCUT2D eigenvalue weighted by molar-refractivity contribution is -0.128. The zero-order valence-electron chi connectivity index (χ0n) is 15.7. The van der Waals surface area contributed by atoms with E-state index >= 15 is 0 Å². The van der Waals surface area contributed by atoms with Crippen molar-refractivity contribution in [3.63, 3.8) is 0 Å². The van der Waals surface area contributed by atoms with E-state index in [0.29, 0.717) is 35.3 Å². The molecule has 1 aliphatic heterocycles. The van der Waals surface area contributed by atoms with Gasteiger partial charge in [-0.15, -0.1) is 0 Å². The van der Waals surface area contributed by atoms with Crippen LogP contribution in [0.5, 0.6) is 11.5 Å². The Bertz CT molecular complexity index is 666. The number of hydrogen-bond donors (Lipinski definition) is 1. The number of halogens is 1. The molecular formula is C18H26ClN3O4. The van der Waals surface area contributed by atoms with Gasteiger partial charge in [-0.3, -0.25) is 9.59 Å². The maximum Gasteiger partial charge on any atom is 0.229 e. The maximum atomic E-state index is 12.6. The molecule has 0 spiro atoms. The molecule has 2 rings (SSSR count). The van der Waals surface area contributed by atoms with Gasteiger partial charge in [0.05, 0.1) is 30.8 Å². The Morgan fingerprint density at radius 3 is 2.62 bits per heavy atom. The molecule has 0 aromatic heterocycles. The molecule has 8 heteroatoms. The van der Waals surface area contributed by atoms with E-state index < -0.39 is 0 Å². The highest BCUT2D eigenvalue weighted by Crippen LogP contribution is 2.36. The van der Waals surface area contributed by atoms with Crippen LogP contribution in [0.25, 0.3) is 0 Å². The van der Waals surface area contributed by atoms with Gasteiger partial charge in [-0.05, 0) is 27.1 Å². The third-order valence-electron chi connectivity index (χ3n) is 4.35. The van der Waals surface area contributed by atoms with Crippen molar-refractivity contribution >= 4 is 29.1 Å². The number of rotatable bonds is 8. The van der Waals surface area contributed by atoms with Crippen molar-refractivity contribution in [1.29, 1.82) is 0 Å². The van der Waals surface area contributed by atoms with E-state index in [1.165, 1.54) is 14.2 Å². The quantitative estimate of drug-likeness (QED) is 0.744. The van der Waals surface area contributed by atoms with Crippen LogP contribution in [-0.4, -0.2) is 69.6 Å². The number of carbonyl (C=O) groups excluding carboxylic acids is 2. The monoisotopic (exact) mass is 383 g/mol. The Hall–Kier alpha value is -1.99. The number of benzene rings is 1. The Morgan fingerprint density at radius 2 is 2.00 bits per heavy atom. The number of carbonyl (C=O) groups is 2. The Labute approximate surface area is 159 Å². The van der Waals surface area contributed by atoms with Gasteiger partial charge >= 0.3 is 0 Å². The van der Waals surface area contributed by atoms with Gasteiger partial charge in [0.2, 0.25) is 11.8 Å². The third-order valence-corrected chi connectivity index (χ3v) is 4.65. The molecule has 1 unspecified atom stereocenters.